The van der Waals surface area contributed by atoms with E-state index in [-0.39, 0.29) is 0 Å². The molecular formula is C18H35N3S. The minimum atomic E-state index is 0.531. The van der Waals surface area contributed by atoms with Gasteiger partial charge in [-0.05, 0) is 57.3 Å². The van der Waals surface area contributed by atoms with Gasteiger partial charge in [-0.15, -0.1) is 0 Å². The topological polar surface area (TPSA) is 9.72 Å². The van der Waals surface area contributed by atoms with Crippen molar-refractivity contribution in [2.45, 2.75) is 45.6 Å². The van der Waals surface area contributed by atoms with Crippen LogP contribution >= 0.6 is 11.8 Å². The lowest BCUT2D eigenvalue weighted by Gasteiger charge is -2.46. The SMILES string of the molecule is CCN1CCC[C@](C)(CN2CCC(N3CCSCC3)CC2)C1. The third-order valence-corrected chi connectivity index (χ3v) is 6.97. The molecule has 0 unspecified atom stereocenters. The Morgan fingerprint density at radius 1 is 1.00 bits per heavy atom. The molecule has 0 aromatic carbocycles. The number of rotatable bonds is 4. The molecule has 0 spiro atoms. The molecule has 22 heavy (non-hydrogen) atoms. The summed E-state index contributed by atoms with van der Waals surface area (Å²) in [5.41, 5.74) is 0.531. The van der Waals surface area contributed by atoms with Crippen molar-refractivity contribution in [1.82, 2.24) is 14.7 Å². The molecule has 0 amide bonds. The zero-order chi connectivity index (χ0) is 15.4. The molecule has 0 radical (unpaired) electrons. The number of hydrogen-bond acceptors (Lipinski definition) is 4. The molecule has 3 rings (SSSR count). The van der Waals surface area contributed by atoms with E-state index in [0.29, 0.717) is 5.41 Å². The quantitative estimate of drug-likeness (QED) is 0.786. The Labute approximate surface area is 141 Å². The van der Waals surface area contributed by atoms with E-state index in [4.69, 9.17) is 0 Å². The van der Waals surface area contributed by atoms with Gasteiger partial charge in [-0.1, -0.05) is 13.8 Å². The van der Waals surface area contributed by atoms with Gasteiger partial charge in [0.25, 0.3) is 0 Å². The summed E-state index contributed by atoms with van der Waals surface area (Å²) in [4.78, 5) is 8.20. The minimum absolute atomic E-state index is 0.531. The Balaban J connectivity index is 1.45. The highest BCUT2D eigenvalue weighted by molar-refractivity contribution is 7.99. The maximum Gasteiger partial charge on any atom is 0.0120 e. The molecule has 1 atom stereocenters. The fraction of sp³-hybridized carbons (Fsp3) is 1.00. The second-order valence-electron chi connectivity index (χ2n) is 7.94. The van der Waals surface area contributed by atoms with Crippen molar-refractivity contribution in [3.8, 4) is 0 Å². The first-order valence-corrected chi connectivity index (χ1v) is 10.6. The van der Waals surface area contributed by atoms with Gasteiger partial charge in [0, 0.05) is 43.7 Å². The fourth-order valence-electron chi connectivity index (χ4n) is 4.75. The molecule has 0 N–H and O–H groups in total. The van der Waals surface area contributed by atoms with E-state index in [9.17, 15) is 0 Å². The van der Waals surface area contributed by atoms with Crippen molar-refractivity contribution in [2.75, 3.05) is 63.9 Å². The van der Waals surface area contributed by atoms with Gasteiger partial charge in [-0.3, -0.25) is 4.90 Å². The van der Waals surface area contributed by atoms with Crippen LogP contribution in [0.2, 0.25) is 0 Å². The fourth-order valence-corrected chi connectivity index (χ4v) is 5.68. The largest absolute Gasteiger partial charge is 0.303 e. The summed E-state index contributed by atoms with van der Waals surface area (Å²) in [6.45, 7) is 15.4. The van der Waals surface area contributed by atoms with Gasteiger partial charge in [0.05, 0.1) is 0 Å². The number of hydrogen-bond donors (Lipinski definition) is 0. The molecular weight excluding hydrogens is 290 g/mol. The highest BCUT2D eigenvalue weighted by atomic mass is 32.2. The molecule has 3 nitrogen and oxygen atoms in total. The summed E-state index contributed by atoms with van der Waals surface area (Å²) >= 11 is 2.13. The standard InChI is InChI=1S/C18H35N3S/c1-3-19-8-4-7-18(2,15-19)16-20-9-5-17(6-10-20)21-11-13-22-14-12-21/h17H,3-16H2,1-2H3/t18-/m0/s1. The second kappa shape index (κ2) is 7.87. The highest BCUT2D eigenvalue weighted by Crippen LogP contribution is 2.31. The van der Waals surface area contributed by atoms with Crippen LogP contribution in [0.3, 0.4) is 0 Å². The van der Waals surface area contributed by atoms with Gasteiger partial charge < -0.3 is 9.80 Å². The van der Waals surface area contributed by atoms with E-state index in [0.717, 1.165) is 6.04 Å². The molecule has 0 aliphatic carbocycles. The smallest absolute Gasteiger partial charge is 0.0120 e. The average molecular weight is 326 g/mol. The third-order valence-electron chi connectivity index (χ3n) is 6.03. The van der Waals surface area contributed by atoms with Gasteiger partial charge in [0.1, 0.15) is 0 Å². The summed E-state index contributed by atoms with van der Waals surface area (Å²) in [6.07, 6.45) is 5.62. The zero-order valence-electron chi connectivity index (χ0n) is 14.7. The summed E-state index contributed by atoms with van der Waals surface area (Å²) in [7, 11) is 0. The van der Waals surface area contributed by atoms with E-state index < -0.39 is 0 Å². The molecule has 3 aliphatic heterocycles. The van der Waals surface area contributed by atoms with E-state index in [2.05, 4.69) is 40.3 Å². The van der Waals surface area contributed by atoms with Crippen LogP contribution in [0, 0.1) is 5.41 Å². The van der Waals surface area contributed by atoms with Crippen molar-refractivity contribution in [2.24, 2.45) is 5.41 Å². The van der Waals surface area contributed by atoms with E-state index in [1.54, 1.807) is 0 Å². The average Bonchev–Trinajstić information content (AvgIpc) is 2.56. The predicted octanol–water partition coefficient (Wildman–Crippen LogP) is 2.62. The maximum atomic E-state index is 2.77. The minimum Gasteiger partial charge on any atom is -0.303 e. The lowest BCUT2D eigenvalue weighted by molar-refractivity contribution is 0.0419. The van der Waals surface area contributed by atoms with Crippen LogP contribution in [0.4, 0.5) is 0 Å². The molecule has 128 valence electrons. The van der Waals surface area contributed by atoms with Crippen molar-refractivity contribution in [3.63, 3.8) is 0 Å². The Bertz CT molecular complexity index is 337. The van der Waals surface area contributed by atoms with Crippen LogP contribution in [-0.4, -0.2) is 84.6 Å². The van der Waals surface area contributed by atoms with Crippen molar-refractivity contribution < 1.29 is 0 Å². The lowest BCUT2D eigenvalue weighted by atomic mass is 9.81. The van der Waals surface area contributed by atoms with Gasteiger partial charge in [0.15, 0.2) is 0 Å². The lowest BCUT2D eigenvalue weighted by Crippen LogP contribution is -2.52. The van der Waals surface area contributed by atoms with Crippen LogP contribution in [-0.2, 0) is 0 Å². The normalized spacial score (nSPS) is 34.1. The molecule has 0 saturated carbocycles. The monoisotopic (exact) mass is 325 g/mol. The zero-order valence-corrected chi connectivity index (χ0v) is 15.5. The van der Waals surface area contributed by atoms with Crippen LogP contribution < -0.4 is 0 Å². The first kappa shape index (κ1) is 17.1. The van der Waals surface area contributed by atoms with E-state index in [1.807, 2.05) is 0 Å². The van der Waals surface area contributed by atoms with Crippen molar-refractivity contribution in [3.05, 3.63) is 0 Å². The van der Waals surface area contributed by atoms with Gasteiger partial charge in [-0.2, -0.15) is 11.8 Å². The maximum absolute atomic E-state index is 2.77. The molecule has 3 heterocycles. The molecule has 0 bridgehead atoms. The number of nitrogens with zero attached hydrogens (tertiary/aromatic N) is 3. The molecule has 0 aromatic heterocycles. The molecule has 3 fully saturated rings. The van der Waals surface area contributed by atoms with Crippen molar-refractivity contribution in [1.29, 1.82) is 0 Å². The van der Waals surface area contributed by atoms with Crippen LogP contribution in [0.25, 0.3) is 0 Å². The summed E-state index contributed by atoms with van der Waals surface area (Å²) in [5.74, 6) is 2.70. The first-order valence-electron chi connectivity index (χ1n) is 9.45. The van der Waals surface area contributed by atoms with Gasteiger partial charge in [0.2, 0.25) is 0 Å². The number of thioether (sulfide) groups is 1. The Morgan fingerprint density at radius 2 is 1.73 bits per heavy atom. The van der Waals surface area contributed by atoms with Gasteiger partial charge in [-0.25, -0.2) is 0 Å². The number of piperidine rings is 2. The molecule has 4 heteroatoms. The van der Waals surface area contributed by atoms with Crippen LogP contribution in [0.1, 0.15) is 39.5 Å². The molecule has 0 aromatic rings. The highest BCUT2D eigenvalue weighted by Gasteiger charge is 2.34. The Morgan fingerprint density at radius 3 is 2.41 bits per heavy atom. The second-order valence-corrected chi connectivity index (χ2v) is 9.16. The number of likely N-dealkylation sites (tertiary alicyclic amines) is 2. The first-order chi connectivity index (χ1) is 10.7. The van der Waals surface area contributed by atoms with E-state index >= 15 is 0 Å². The van der Waals surface area contributed by atoms with Crippen LogP contribution in [0.5, 0.6) is 0 Å². The van der Waals surface area contributed by atoms with Gasteiger partial charge >= 0.3 is 0 Å². The van der Waals surface area contributed by atoms with Crippen molar-refractivity contribution >= 4 is 11.8 Å². The van der Waals surface area contributed by atoms with Crippen LogP contribution in [0.15, 0.2) is 0 Å². The molecule has 3 aliphatic rings. The Hall–Kier alpha value is 0.230. The Kier molecular flexibility index (Phi) is 6.10. The third kappa shape index (κ3) is 4.40. The summed E-state index contributed by atoms with van der Waals surface area (Å²) in [5, 5.41) is 0. The summed E-state index contributed by atoms with van der Waals surface area (Å²) < 4.78 is 0. The summed E-state index contributed by atoms with van der Waals surface area (Å²) in [6, 6.07) is 0.878. The predicted molar refractivity (Wildman–Crippen MR) is 97.8 cm³/mol. The molecule has 3 saturated heterocycles. The van der Waals surface area contributed by atoms with E-state index in [1.165, 1.54) is 89.5 Å².